The monoisotopic (exact) mass is 262 g/mol. The molecule has 0 atom stereocenters. The number of Topliss-reactive ketones (excluding diaryl/α,β-unsaturated/α-hetero) is 1. The van der Waals surface area contributed by atoms with Crippen LogP contribution in [0.15, 0.2) is 12.1 Å². The fourth-order valence-corrected chi connectivity index (χ4v) is 2.30. The molecule has 0 bridgehead atoms. The Hall–Kier alpha value is -1.31. The van der Waals surface area contributed by atoms with E-state index in [2.05, 4.69) is 6.92 Å². The van der Waals surface area contributed by atoms with Crippen molar-refractivity contribution in [3.8, 4) is 5.75 Å². The van der Waals surface area contributed by atoms with Gasteiger partial charge in [0.05, 0.1) is 12.7 Å². The van der Waals surface area contributed by atoms with Crippen LogP contribution in [0.3, 0.4) is 0 Å². The van der Waals surface area contributed by atoms with E-state index in [1.165, 1.54) is 19.3 Å². The molecule has 0 N–H and O–H groups in total. The molecule has 2 heteroatoms. The maximum absolute atomic E-state index is 12.2. The number of rotatable bonds is 8. The zero-order chi connectivity index (χ0) is 14.3. The number of benzene rings is 1. The summed E-state index contributed by atoms with van der Waals surface area (Å²) in [6.07, 6.45) is 6.48. The minimum atomic E-state index is 0.205. The van der Waals surface area contributed by atoms with Gasteiger partial charge in [-0.2, -0.15) is 0 Å². The van der Waals surface area contributed by atoms with Crippen molar-refractivity contribution in [3.63, 3.8) is 0 Å². The topological polar surface area (TPSA) is 26.3 Å². The molecule has 0 aromatic heterocycles. The summed E-state index contributed by atoms with van der Waals surface area (Å²) in [6.45, 7) is 6.24. The first-order valence-electron chi connectivity index (χ1n) is 7.29. The quantitative estimate of drug-likeness (QED) is 0.494. The number of carbonyl (C=O) groups excluding carboxylic acids is 1. The van der Waals surface area contributed by atoms with Crippen molar-refractivity contribution in [2.45, 2.75) is 59.3 Å². The fraction of sp³-hybridized carbons (Fsp3) is 0.588. The molecule has 106 valence electrons. The first-order valence-corrected chi connectivity index (χ1v) is 7.29. The molecule has 0 saturated carbocycles. The second-order valence-electron chi connectivity index (χ2n) is 5.18. The lowest BCUT2D eigenvalue weighted by molar-refractivity contribution is 0.0976. The van der Waals surface area contributed by atoms with Gasteiger partial charge in [0, 0.05) is 6.42 Å². The van der Waals surface area contributed by atoms with Gasteiger partial charge in [-0.25, -0.2) is 0 Å². The van der Waals surface area contributed by atoms with Crippen LogP contribution < -0.4 is 4.74 Å². The summed E-state index contributed by atoms with van der Waals surface area (Å²) in [5.41, 5.74) is 2.97. The third kappa shape index (κ3) is 4.38. The Kier molecular flexibility index (Phi) is 6.61. The molecule has 1 aromatic rings. The number of carbonyl (C=O) groups is 1. The van der Waals surface area contributed by atoms with Crippen molar-refractivity contribution < 1.29 is 9.53 Å². The Morgan fingerprint density at radius 2 is 1.79 bits per heavy atom. The van der Waals surface area contributed by atoms with Gasteiger partial charge in [0.25, 0.3) is 0 Å². The van der Waals surface area contributed by atoms with Crippen molar-refractivity contribution in [3.05, 3.63) is 28.8 Å². The highest BCUT2D eigenvalue weighted by molar-refractivity contribution is 5.99. The SMILES string of the molecule is CCCCCCCC(=O)c1ccc(C)c(C)c1OC. The Morgan fingerprint density at radius 1 is 1.11 bits per heavy atom. The predicted molar refractivity (Wildman–Crippen MR) is 80.2 cm³/mol. The lowest BCUT2D eigenvalue weighted by Crippen LogP contribution is -2.04. The first-order chi connectivity index (χ1) is 9.11. The van der Waals surface area contributed by atoms with E-state index >= 15 is 0 Å². The van der Waals surface area contributed by atoms with Crippen molar-refractivity contribution in [1.29, 1.82) is 0 Å². The molecule has 2 nitrogen and oxygen atoms in total. The van der Waals surface area contributed by atoms with Crippen LogP contribution in [-0.2, 0) is 0 Å². The van der Waals surface area contributed by atoms with Crippen LogP contribution in [0.5, 0.6) is 5.75 Å². The zero-order valence-electron chi connectivity index (χ0n) is 12.7. The minimum absolute atomic E-state index is 0.205. The van der Waals surface area contributed by atoms with Crippen molar-refractivity contribution in [1.82, 2.24) is 0 Å². The molecule has 0 saturated heterocycles. The van der Waals surface area contributed by atoms with Crippen molar-refractivity contribution >= 4 is 5.78 Å². The maximum atomic E-state index is 12.2. The van der Waals surface area contributed by atoms with E-state index in [1.54, 1.807) is 7.11 Å². The molecule has 0 aliphatic rings. The summed E-state index contributed by atoms with van der Waals surface area (Å²) < 4.78 is 5.40. The molecule has 0 fully saturated rings. The maximum Gasteiger partial charge on any atom is 0.166 e. The van der Waals surface area contributed by atoms with Crippen LogP contribution in [0, 0.1) is 13.8 Å². The van der Waals surface area contributed by atoms with Gasteiger partial charge in [0.2, 0.25) is 0 Å². The Morgan fingerprint density at radius 3 is 2.42 bits per heavy atom. The molecule has 0 heterocycles. The molecule has 19 heavy (non-hydrogen) atoms. The van der Waals surface area contributed by atoms with Gasteiger partial charge in [0.15, 0.2) is 5.78 Å². The predicted octanol–water partition coefficient (Wildman–Crippen LogP) is 4.86. The van der Waals surface area contributed by atoms with Gasteiger partial charge in [-0.1, -0.05) is 38.7 Å². The van der Waals surface area contributed by atoms with Gasteiger partial charge in [-0.15, -0.1) is 0 Å². The first kappa shape index (κ1) is 15.7. The molecular formula is C17H26O2. The van der Waals surface area contributed by atoms with Gasteiger partial charge >= 0.3 is 0 Å². The third-order valence-electron chi connectivity index (χ3n) is 3.69. The van der Waals surface area contributed by atoms with Crippen LogP contribution in [0.1, 0.15) is 66.9 Å². The normalized spacial score (nSPS) is 10.5. The molecule has 0 unspecified atom stereocenters. The van der Waals surface area contributed by atoms with Gasteiger partial charge in [-0.05, 0) is 37.5 Å². The smallest absolute Gasteiger partial charge is 0.166 e. The van der Waals surface area contributed by atoms with Crippen LogP contribution >= 0.6 is 0 Å². The summed E-state index contributed by atoms with van der Waals surface area (Å²) in [7, 11) is 1.64. The molecule has 0 spiro atoms. The summed E-state index contributed by atoms with van der Waals surface area (Å²) in [5, 5.41) is 0. The van der Waals surface area contributed by atoms with Crippen LogP contribution in [0.2, 0.25) is 0 Å². The fourth-order valence-electron chi connectivity index (χ4n) is 2.30. The second kappa shape index (κ2) is 7.98. The lowest BCUT2D eigenvalue weighted by atomic mass is 9.98. The number of ether oxygens (including phenoxy) is 1. The number of hydrogen-bond acceptors (Lipinski definition) is 2. The zero-order valence-corrected chi connectivity index (χ0v) is 12.7. The minimum Gasteiger partial charge on any atom is -0.496 e. The largest absolute Gasteiger partial charge is 0.496 e. The Balaban J connectivity index is 2.64. The number of methoxy groups -OCH3 is 1. The highest BCUT2D eigenvalue weighted by Crippen LogP contribution is 2.27. The van der Waals surface area contributed by atoms with Crippen LogP contribution in [0.25, 0.3) is 0 Å². The number of hydrogen-bond donors (Lipinski definition) is 0. The van der Waals surface area contributed by atoms with Crippen molar-refractivity contribution in [2.75, 3.05) is 7.11 Å². The highest BCUT2D eigenvalue weighted by atomic mass is 16.5. The molecular weight excluding hydrogens is 236 g/mol. The summed E-state index contributed by atoms with van der Waals surface area (Å²) in [4.78, 5) is 12.2. The second-order valence-corrected chi connectivity index (χ2v) is 5.18. The number of ketones is 1. The molecule has 0 aliphatic heterocycles. The molecule has 1 aromatic carbocycles. The molecule has 1 rings (SSSR count). The number of unbranched alkanes of at least 4 members (excludes halogenated alkanes) is 4. The standard InChI is InChI=1S/C17H26O2/c1-5-6-7-8-9-10-16(18)15-12-11-13(2)14(3)17(15)19-4/h11-12H,5-10H2,1-4H3. The van der Waals surface area contributed by atoms with E-state index in [9.17, 15) is 4.79 Å². The van der Waals surface area contributed by atoms with E-state index in [4.69, 9.17) is 4.74 Å². The molecule has 0 aliphatic carbocycles. The van der Waals surface area contributed by atoms with E-state index in [-0.39, 0.29) is 5.78 Å². The average molecular weight is 262 g/mol. The molecule has 0 amide bonds. The summed E-state index contributed by atoms with van der Waals surface area (Å²) in [5.74, 6) is 0.954. The summed E-state index contributed by atoms with van der Waals surface area (Å²) >= 11 is 0. The van der Waals surface area contributed by atoms with Gasteiger partial charge < -0.3 is 4.74 Å². The van der Waals surface area contributed by atoms with Crippen LogP contribution in [-0.4, -0.2) is 12.9 Å². The third-order valence-corrected chi connectivity index (χ3v) is 3.69. The molecule has 0 radical (unpaired) electrons. The number of aryl methyl sites for hydroxylation is 1. The highest BCUT2D eigenvalue weighted by Gasteiger charge is 2.14. The van der Waals surface area contributed by atoms with E-state index < -0.39 is 0 Å². The summed E-state index contributed by atoms with van der Waals surface area (Å²) in [6, 6.07) is 3.90. The van der Waals surface area contributed by atoms with E-state index in [0.29, 0.717) is 6.42 Å². The Labute approximate surface area is 117 Å². The van der Waals surface area contributed by atoms with Gasteiger partial charge in [-0.3, -0.25) is 4.79 Å². The average Bonchev–Trinajstić information content (AvgIpc) is 2.41. The van der Waals surface area contributed by atoms with E-state index in [0.717, 1.165) is 35.3 Å². The van der Waals surface area contributed by atoms with Crippen molar-refractivity contribution in [2.24, 2.45) is 0 Å². The van der Waals surface area contributed by atoms with Gasteiger partial charge in [0.1, 0.15) is 5.75 Å². The van der Waals surface area contributed by atoms with E-state index in [1.807, 2.05) is 26.0 Å². The van der Waals surface area contributed by atoms with Crippen LogP contribution in [0.4, 0.5) is 0 Å². The Bertz CT molecular complexity index is 422. The lowest BCUT2D eigenvalue weighted by Gasteiger charge is -2.12.